The molecule has 29 heavy (non-hydrogen) atoms. The van der Waals surface area contributed by atoms with E-state index in [2.05, 4.69) is 0 Å². The highest BCUT2D eigenvalue weighted by molar-refractivity contribution is 6.34. The van der Waals surface area contributed by atoms with Gasteiger partial charge in [-0.15, -0.1) is 0 Å². The molecule has 0 spiro atoms. The second-order valence-corrected chi connectivity index (χ2v) is 7.09. The number of nitrogens with zero attached hydrogens (tertiary/aromatic N) is 3. The quantitative estimate of drug-likeness (QED) is 0.481. The van der Waals surface area contributed by atoms with Crippen LogP contribution in [0, 0.1) is 16.0 Å². The number of nitrogens with two attached hydrogens (primary N) is 1. The molecule has 0 saturated carbocycles. The van der Waals surface area contributed by atoms with Crippen LogP contribution < -0.4 is 15.5 Å². The highest BCUT2D eigenvalue weighted by Crippen LogP contribution is 2.37. The van der Waals surface area contributed by atoms with E-state index in [1.807, 2.05) is 4.90 Å². The fourth-order valence-corrected chi connectivity index (χ4v) is 3.89. The maximum atomic E-state index is 12.7. The Kier molecular flexibility index (Phi) is 4.50. The van der Waals surface area contributed by atoms with E-state index >= 15 is 0 Å². The summed E-state index contributed by atoms with van der Waals surface area (Å²) in [5.41, 5.74) is 6.24. The van der Waals surface area contributed by atoms with Crippen LogP contribution in [-0.4, -0.2) is 35.7 Å². The van der Waals surface area contributed by atoms with E-state index in [-0.39, 0.29) is 34.3 Å². The van der Waals surface area contributed by atoms with Gasteiger partial charge in [-0.2, -0.15) is 0 Å². The van der Waals surface area contributed by atoms with Crippen LogP contribution in [0.2, 0.25) is 0 Å². The molecule has 2 aromatic rings. The van der Waals surface area contributed by atoms with E-state index in [0.717, 1.165) is 4.90 Å². The first-order valence-electron chi connectivity index (χ1n) is 9.19. The SMILES string of the molecule is NC(=O)C1CCN(c2ccc(N3C(=O)c4ccccc4C3=O)cc2[N+](=O)[O-])CC1. The number of benzene rings is 2. The minimum absolute atomic E-state index is 0.152. The fraction of sp³-hybridized carbons (Fsp3) is 0.250. The zero-order valence-corrected chi connectivity index (χ0v) is 15.4. The maximum absolute atomic E-state index is 12.7. The van der Waals surface area contributed by atoms with Gasteiger partial charge in [0.1, 0.15) is 5.69 Å². The van der Waals surface area contributed by atoms with Gasteiger partial charge >= 0.3 is 0 Å². The lowest BCUT2D eigenvalue weighted by Crippen LogP contribution is -2.38. The number of rotatable bonds is 4. The molecule has 0 aromatic heterocycles. The van der Waals surface area contributed by atoms with Gasteiger partial charge in [0.15, 0.2) is 0 Å². The van der Waals surface area contributed by atoms with Crippen LogP contribution in [0.3, 0.4) is 0 Å². The molecule has 148 valence electrons. The number of anilines is 2. The molecular weight excluding hydrogens is 376 g/mol. The van der Waals surface area contributed by atoms with Crippen molar-refractivity contribution in [3.8, 4) is 0 Å². The van der Waals surface area contributed by atoms with E-state index in [0.29, 0.717) is 31.6 Å². The minimum atomic E-state index is -0.531. The number of nitro benzene ring substituents is 1. The van der Waals surface area contributed by atoms with Crippen LogP contribution in [0.15, 0.2) is 42.5 Å². The summed E-state index contributed by atoms with van der Waals surface area (Å²) in [6.07, 6.45) is 1.04. The van der Waals surface area contributed by atoms with Crippen LogP contribution >= 0.6 is 0 Å². The molecule has 0 aliphatic carbocycles. The lowest BCUT2D eigenvalue weighted by atomic mass is 9.96. The predicted octanol–water partition coefficient (Wildman–Crippen LogP) is 2.10. The van der Waals surface area contributed by atoms with E-state index < -0.39 is 16.7 Å². The van der Waals surface area contributed by atoms with Crippen molar-refractivity contribution in [2.45, 2.75) is 12.8 Å². The summed E-state index contributed by atoms with van der Waals surface area (Å²) >= 11 is 0. The summed E-state index contributed by atoms with van der Waals surface area (Å²) in [4.78, 5) is 50.6. The maximum Gasteiger partial charge on any atom is 0.294 e. The molecule has 4 rings (SSSR count). The first-order valence-corrected chi connectivity index (χ1v) is 9.19. The molecule has 0 unspecified atom stereocenters. The Hall–Kier alpha value is -3.75. The van der Waals surface area contributed by atoms with Crippen molar-refractivity contribution in [2.24, 2.45) is 11.7 Å². The van der Waals surface area contributed by atoms with E-state index in [9.17, 15) is 24.5 Å². The Bertz CT molecular complexity index is 1010. The normalized spacial score (nSPS) is 16.8. The summed E-state index contributed by atoms with van der Waals surface area (Å²) in [5, 5.41) is 11.7. The molecule has 2 aliphatic heterocycles. The average molecular weight is 394 g/mol. The molecular formula is C20H18N4O5. The summed E-state index contributed by atoms with van der Waals surface area (Å²) in [5.74, 6) is -1.60. The average Bonchev–Trinajstić information content (AvgIpc) is 2.98. The van der Waals surface area contributed by atoms with Crippen molar-refractivity contribution in [1.29, 1.82) is 0 Å². The molecule has 0 bridgehead atoms. The van der Waals surface area contributed by atoms with Gasteiger partial charge in [0.05, 0.1) is 21.7 Å². The van der Waals surface area contributed by atoms with Gasteiger partial charge < -0.3 is 10.6 Å². The molecule has 0 atom stereocenters. The van der Waals surface area contributed by atoms with Gasteiger partial charge in [0, 0.05) is 25.1 Å². The van der Waals surface area contributed by atoms with Crippen molar-refractivity contribution >= 4 is 34.8 Å². The number of hydrogen-bond acceptors (Lipinski definition) is 6. The third-order valence-electron chi connectivity index (χ3n) is 5.45. The number of carbonyl (C=O) groups is 3. The lowest BCUT2D eigenvalue weighted by molar-refractivity contribution is -0.384. The Morgan fingerprint density at radius 3 is 2.14 bits per heavy atom. The van der Waals surface area contributed by atoms with Gasteiger partial charge in [-0.3, -0.25) is 24.5 Å². The Morgan fingerprint density at radius 2 is 1.62 bits per heavy atom. The molecule has 0 radical (unpaired) electrons. The Balaban J connectivity index is 1.66. The summed E-state index contributed by atoms with van der Waals surface area (Å²) < 4.78 is 0. The number of imide groups is 1. The summed E-state index contributed by atoms with van der Waals surface area (Å²) in [6, 6.07) is 10.8. The zero-order valence-electron chi connectivity index (χ0n) is 15.4. The van der Waals surface area contributed by atoms with E-state index in [4.69, 9.17) is 5.73 Å². The van der Waals surface area contributed by atoms with Gasteiger partial charge in [-0.25, -0.2) is 4.90 Å². The molecule has 1 saturated heterocycles. The standard InChI is InChI=1S/C20H18N4O5/c21-18(25)12-7-9-22(10-8-12)16-6-5-13(11-17(16)24(28)29)23-19(26)14-3-1-2-4-15(14)20(23)27/h1-6,11-12H,7-10H2,(H2,21,25). The number of nitro groups is 1. The summed E-state index contributed by atoms with van der Waals surface area (Å²) in [6.45, 7) is 0.918. The lowest BCUT2D eigenvalue weighted by Gasteiger charge is -2.32. The molecule has 9 heteroatoms. The highest BCUT2D eigenvalue weighted by Gasteiger charge is 2.37. The minimum Gasteiger partial charge on any atom is -0.369 e. The van der Waals surface area contributed by atoms with E-state index in [1.165, 1.54) is 12.1 Å². The third kappa shape index (κ3) is 3.10. The van der Waals surface area contributed by atoms with Gasteiger partial charge in [0.2, 0.25) is 5.91 Å². The monoisotopic (exact) mass is 394 g/mol. The number of primary amides is 1. The first-order chi connectivity index (χ1) is 13.9. The number of amides is 3. The Labute approximate surface area is 165 Å². The topological polar surface area (TPSA) is 127 Å². The van der Waals surface area contributed by atoms with Crippen LogP contribution in [0.4, 0.5) is 17.1 Å². The molecule has 2 aliphatic rings. The smallest absolute Gasteiger partial charge is 0.294 e. The van der Waals surface area contributed by atoms with Crippen LogP contribution in [0.5, 0.6) is 0 Å². The van der Waals surface area contributed by atoms with Crippen molar-refractivity contribution in [3.63, 3.8) is 0 Å². The van der Waals surface area contributed by atoms with Crippen molar-refractivity contribution in [1.82, 2.24) is 0 Å². The van der Waals surface area contributed by atoms with E-state index in [1.54, 1.807) is 30.3 Å². The molecule has 2 aromatic carbocycles. The first kappa shape index (κ1) is 18.6. The number of piperidine rings is 1. The van der Waals surface area contributed by atoms with Crippen LogP contribution in [0.1, 0.15) is 33.6 Å². The third-order valence-corrected chi connectivity index (χ3v) is 5.45. The molecule has 2 N–H and O–H groups in total. The van der Waals surface area contributed by atoms with Crippen LogP contribution in [0.25, 0.3) is 0 Å². The fourth-order valence-electron chi connectivity index (χ4n) is 3.89. The van der Waals surface area contributed by atoms with Crippen molar-refractivity contribution < 1.29 is 19.3 Å². The second kappa shape index (κ2) is 7.01. The Morgan fingerprint density at radius 1 is 1.03 bits per heavy atom. The largest absolute Gasteiger partial charge is 0.369 e. The molecule has 9 nitrogen and oxygen atoms in total. The predicted molar refractivity (Wildman–Crippen MR) is 105 cm³/mol. The van der Waals surface area contributed by atoms with Gasteiger partial charge in [-0.05, 0) is 37.1 Å². The summed E-state index contributed by atoms with van der Waals surface area (Å²) in [7, 11) is 0. The van der Waals surface area contributed by atoms with Crippen molar-refractivity contribution in [3.05, 3.63) is 63.7 Å². The number of carbonyl (C=O) groups excluding carboxylic acids is 3. The van der Waals surface area contributed by atoms with Crippen LogP contribution in [-0.2, 0) is 4.79 Å². The zero-order chi connectivity index (χ0) is 20.7. The molecule has 2 heterocycles. The second-order valence-electron chi connectivity index (χ2n) is 7.09. The van der Waals surface area contributed by atoms with Gasteiger partial charge in [0.25, 0.3) is 17.5 Å². The highest BCUT2D eigenvalue weighted by atomic mass is 16.6. The molecule has 3 amide bonds. The van der Waals surface area contributed by atoms with Crippen molar-refractivity contribution in [2.75, 3.05) is 22.9 Å². The van der Waals surface area contributed by atoms with Gasteiger partial charge in [-0.1, -0.05) is 12.1 Å². The molecule has 1 fully saturated rings. The number of hydrogen-bond donors (Lipinski definition) is 1. The number of fused-ring (bicyclic) bond motifs is 1.